The van der Waals surface area contributed by atoms with Gasteiger partial charge in [-0.05, 0) is 80.6 Å². The minimum absolute atomic E-state index is 0.328. The normalized spacial score (nSPS) is 14.8. The van der Waals surface area contributed by atoms with Crippen molar-refractivity contribution in [1.82, 2.24) is 15.0 Å². The number of hydrogen-bond donors (Lipinski definition) is 0. The third-order valence-corrected chi connectivity index (χ3v) is 10.4. The molecule has 3 aliphatic carbocycles. The van der Waals surface area contributed by atoms with Gasteiger partial charge in [-0.25, -0.2) is 15.0 Å². The molecular formula is C46H31N3. The van der Waals surface area contributed by atoms with E-state index in [2.05, 4.69) is 103 Å². The Balaban J connectivity index is 1.14. The third-order valence-electron chi connectivity index (χ3n) is 10.4. The van der Waals surface area contributed by atoms with E-state index in [4.69, 9.17) is 15.0 Å². The number of fused-ring (bicyclic) bond motifs is 9. The number of benzene rings is 6. The van der Waals surface area contributed by atoms with Gasteiger partial charge >= 0.3 is 0 Å². The van der Waals surface area contributed by atoms with Crippen molar-refractivity contribution in [1.29, 1.82) is 0 Å². The molecule has 1 spiro atoms. The molecule has 0 fully saturated rings. The summed E-state index contributed by atoms with van der Waals surface area (Å²) in [6.45, 7) is 0. The highest BCUT2D eigenvalue weighted by Gasteiger charge is 2.52. The summed E-state index contributed by atoms with van der Waals surface area (Å²) in [4.78, 5) is 14.9. The molecule has 1 heterocycles. The molecule has 0 N–H and O–H groups in total. The third kappa shape index (κ3) is 4.19. The van der Waals surface area contributed by atoms with Gasteiger partial charge in [0.05, 0.1) is 5.41 Å². The van der Waals surface area contributed by atoms with Crippen LogP contribution in [-0.2, 0) is 5.41 Å². The molecular weight excluding hydrogens is 595 g/mol. The highest BCUT2D eigenvalue weighted by atomic mass is 15.0. The minimum atomic E-state index is -0.328. The van der Waals surface area contributed by atoms with Gasteiger partial charge in [-0.15, -0.1) is 0 Å². The molecule has 0 radical (unpaired) electrons. The summed E-state index contributed by atoms with van der Waals surface area (Å²) in [5.41, 5.74) is 16.0. The van der Waals surface area contributed by atoms with Crippen LogP contribution in [0.2, 0.25) is 0 Å². The van der Waals surface area contributed by atoms with Crippen LogP contribution in [0.5, 0.6) is 0 Å². The molecule has 6 aromatic carbocycles. The van der Waals surface area contributed by atoms with Gasteiger partial charge in [-0.2, -0.15) is 0 Å². The molecule has 7 aromatic rings. The van der Waals surface area contributed by atoms with Crippen molar-refractivity contribution in [3.8, 4) is 56.4 Å². The van der Waals surface area contributed by atoms with Crippen LogP contribution in [0.15, 0.2) is 169 Å². The van der Waals surface area contributed by atoms with E-state index in [1.807, 2.05) is 60.7 Å². The molecule has 0 bridgehead atoms. The molecule has 3 heteroatoms. The Morgan fingerprint density at radius 3 is 1.59 bits per heavy atom. The van der Waals surface area contributed by atoms with Gasteiger partial charge in [-0.3, -0.25) is 0 Å². The van der Waals surface area contributed by atoms with E-state index in [1.165, 1.54) is 50.1 Å². The fraction of sp³-hybridized carbons (Fsp3) is 0.0652. The molecule has 0 saturated carbocycles. The van der Waals surface area contributed by atoms with Gasteiger partial charge in [0.2, 0.25) is 0 Å². The average Bonchev–Trinajstić information content (AvgIpc) is 3.66. The van der Waals surface area contributed by atoms with Crippen molar-refractivity contribution in [2.45, 2.75) is 18.3 Å². The van der Waals surface area contributed by atoms with Gasteiger partial charge in [0.15, 0.2) is 17.5 Å². The van der Waals surface area contributed by atoms with Crippen molar-refractivity contribution >= 4 is 5.57 Å². The first-order chi connectivity index (χ1) is 24.3. The van der Waals surface area contributed by atoms with Crippen molar-refractivity contribution in [3.05, 3.63) is 192 Å². The van der Waals surface area contributed by atoms with Crippen LogP contribution < -0.4 is 0 Å². The molecule has 1 aromatic heterocycles. The van der Waals surface area contributed by atoms with Crippen LogP contribution in [0, 0.1) is 0 Å². The zero-order valence-electron chi connectivity index (χ0n) is 26.8. The highest BCUT2D eigenvalue weighted by Crippen LogP contribution is 2.63. The van der Waals surface area contributed by atoms with Gasteiger partial charge < -0.3 is 0 Å². The predicted octanol–water partition coefficient (Wildman–Crippen LogP) is 11.0. The first-order valence-corrected chi connectivity index (χ1v) is 17.0. The summed E-state index contributed by atoms with van der Waals surface area (Å²) in [6.07, 6.45) is 6.91. The average molecular weight is 626 g/mol. The lowest BCUT2D eigenvalue weighted by Gasteiger charge is -2.32. The largest absolute Gasteiger partial charge is 0.208 e. The van der Waals surface area contributed by atoms with Crippen LogP contribution >= 0.6 is 0 Å². The number of rotatable bonds is 4. The number of allylic oxidation sites excluding steroid dienone is 4. The second-order valence-corrected chi connectivity index (χ2v) is 13.1. The Kier molecular flexibility index (Phi) is 6.22. The molecule has 230 valence electrons. The molecule has 0 atom stereocenters. The quantitative estimate of drug-likeness (QED) is 0.195. The van der Waals surface area contributed by atoms with Crippen molar-refractivity contribution in [2.24, 2.45) is 0 Å². The summed E-state index contributed by atoms with van der Waals surface area (Å²) in [6, 6.07) is 54.1. The Morgan fingerprint density at radius 2 is 0.939 bits per heavy atom. The Morgan fingerprint density at radius 1 is 0.408 bits per heavy atom. The van der Waals surface area contributed by atoms with E-state index in [0.717, 1.165) is 35.1 Å². The second kappa shape index (κ2) is 10.9. The van der Waals surface area contributed by atoms with Gasteiger partial charge in [0.25, 0.3) is 0 Å². The monoisotopic (exact) mass is 625 g/mol. The molecule has 0 aliphatic heterocycles. The number of aromatic nitrogens is 3. The highest BCUT2D eigenvalue weighted by molar-refractivity contribution is 5.96. The van der Waals surface area contributed by atoms with E-state index in [9.17, 15) is 0 Å². The summed E-state index contributed by atoms with van der Waals surface area (Å²) >= 11 is 0. The van der Waals surface area contributed by atoms with Crippen molar-refractivity contribution in [3.63, 3.8) is 0 Å². The Bertz CT molecular complexity index is 2390. The van der Waals surface area contributed by atoms with Crippen LogP contribution in [0.4, 0.5) is 0 Å². The standard InChI is InChI=1S/C46H31N3/c1-3-14-30(15-4-1)43-47-44(31-16-5-2-6-17-31)49-45(48-43)34-19-13-18-32(28-34)33-26-27-38-37-22-9-12-25-41(37)46(42(38)29-33)39-23-10-7-20-35(39)36-21-8-11-24-40(36)46/h1-8,10-21,23-29H,9,22H2. The maximum Gasteiger partial charge on any atom is 0.164 e. The SMILES string of the molecule is C1=CC2=C(CC1)c1ccc(-c3cccc(-c4nc(-c5ccccc5)nc(-c5ccccc5)n4)c3)cc1C21c2ccccc2-c2ccccc21. The second-order valence-electron chi connectivity index (χ2n) is 13.1. The minimum Gasteiger partial charge on any atom is -0.208 e. The van der Waals surface area contributed by atoms with E-state index < -0.39 is 0 Å². The maximum atomic E-state index is 5.01. The van der Waals surface area contributed by atoms with Crippen LogP contribution in [0.25, 0.3) is 62.0 Å². The summed E-state index contributed by atoms with van der Waals surface area (Å²) in [5, 5.41) is 0. The Hall–Kier alpha value is -6.19. The zero-order chi connectivity index (χ0) is 32.4. The maximum absolute atomic E-state index is 5.01. The van der Waals surface area contributed by atoms with Crippen molar-refractivity contribution < 1.29 is 0 Å². The van der Waals surface area contributed by atoms with Crippen LogP contribution in [0.1, 0.15) is 35.1 Å². The lowest BCUT2D eigenvalue weighted by Crippen LogP contribution is -2.27. The molecule has 0 saturated heterocycles. The smallest absolute Gasteiger partial charge is 0.164 e. The van der Waals surface area contributed by atoms with Gasteiger partial charge in [0.1, 0.15) is 0 Å². The Labute approximate surface area is 286 Å². The van der Waals surface area contributed by atoms with Crippen LogP contribution in [-0.4, -0.2) is 15.0 Å². The van der Waals surface area contributed by atoms with E-state index in [1.54, 1.807) is 0 Å². The number of hydrogen-bond acceptors (Lipinski definition) is 3. The summed E-state index contributed by atoms with van der Waals surface area (Å²) < 4.78 is 0. The lowest BCUT2D eigenvalue weighted by molar-refractivity contribution is 0.781. The first-order valence-electron chi connectivity index (χ1n) is 17.0. The molecule has 0 amide bonds. The van der Waals surface area contributed by atoms with E-state index >= 15 is 0 Å². The van der Waals surface area contributed by atoms with Crippen LogP contribution in [0.3, 0.4) is 0 Å². The topological polar surface area (TPSA) is 38.7 Å². The summed E-state index contributed by atoms with van der Waals surface area (Å²) in [7, 11) is 0. The van der Waals surface area contributed by atoms with Gasteiger partial charge in [-0.1, -0.05) is 152 Å². The first kappa shape index (κ1) is 27.9. The molecule has 3 nitrogen and oxygen atoms in total. The molecule has 3 aliphatic rings. The number of nitrogens with zero attached hydrogens (tertiary/aromatic N) is 3. The van der Waals surface area contributed by atoms with Gasteiger partial charge in [0, 0.05) is 16.7 Å². The molecule has 10 rings (SSSR count). The van der Waals surface area contributed by atoms with Crippen molar-refractivity contribution in [2.75, 3.05) is 0 Å². The predicted molar refractivity (Wildman–Crippen MR) is 199 cm³/mol. The fourth-order valence-electron chi connectivity index (χ4n) is 8.33. The molecule has 0 unspecified atom stereocenters. The van der Waals surface area contributed by atoms with E-state index in [-0.39, 0.29) is 5.41 Å². The van der Waals surface area contributed by atoms with E-state index in [0.29, 0.717) is 17.5 Å². The summed E-state index contributed by atoms with van der Waals surface area (Å²) in [5.74, 6) is 1.99. The molecule has 49 heavy (non-hydrogen) atoms. The zero-order valence-corrected chi connectivity index (χ0v) is 26.8. The fourth-order valence-corrected chi connectivity index (χ4v) is 8.33. The lowest BCUT2D eigenvalue weighted by atomic mass is 9.69.